The SMILES string of the molecule is O=C(O)c1ccc[n+](Cc2cccc(F)c2)c1. The first-order valence-corrected chi connectivity index (χ1v) is 5.12. The third-order valence-electron chi connectivity index (χ3n) is 2.36. The summed E-state index contributed by atoms with van der Waals surface area (Å²) in [4.78, 5) is 10.8. The van der Waals surface area contributed by atoms with E-state index >= 15 is 0 Å². The van der Waals surface area contributed by atoms with Crippen molar-refractivity contribution in [1.82, 2.24) is 0 Å². The van der Waals surface area contributed by atoms with Crippen LogP contribution in [0.5, 0.6) is 0 Å². The number of pyridine rings is 1. The molecule has 0 unspecified atom stereocenters. The average Bonchev–Trinajstić information content (AvgIpc) is 2.29. The molecule has 0 saturated heterocycles. The first kappa shape index (κ1) is 11.3. The van der Waals surface area contributed by atoms with Gasteiger partial charge in [0.15, 0.2) is 18.9 Å². The number of aromatic carboxylic acids is 1. The molecule has 1 heterocycles. The second-order valence-corrected chi connectivity index (χ2v) is 3.70. The van der Waals surface area contributed by atoms with E-state index in [1.54, 1.807) is 29.0 Å². The summed E-state index contributed by atoms with van der Waals surface area (Å²) >= 11 is 0. The van der Waals surface area contributed by atoms with Crippen molar-refractivity contribution in [2.75, 3.05) is 0 Å². The Hall–Kier alpha value is -2.23. The Morgan fingerprint density at radius 1 is 1.29 bits per heavy atom. The van der Waals surface area contributed by atoms with Gasteiger partial charge in [-0.25, -0.2) is 9.18 Å². The van der Waals surface area contributed by atoms with Crippen LogP contribution in [-0.4, -0.2) is 11.1 Å². The van der Waals surface area contributed by atoms with Gasteiger partial charge in [-0.15, -0.1) is 0 Å². The number of carboxylic acids is 1. The fourth-order valence-corrected chi connectivity index (χ4v) is 1.59. The predicted octanol–water partition coefficient (Wildman–Crippen LogP) is 1.86. The number of carbonyl (C=O) groups is 1. The van der Waals surface area contributed by atoms with Gasteiger partial charge in [0.05, 0.1) is 0 Å². The van der Waals surface area contributed by atoms with E-state index in [-0.39, 0.29) is 11.4 Å². The first-order chi connectivity index (χ1) is 8.15. The zero-order chi connectivity index (χ0) is 12.3. The fourth-order valence-electron chi connectivity index (χ4n) is 1.59. The van der Waals surface area contributed by atoms with Crippen LogP contribution in [0.4, 0.5) is 4.39 Å². The summed E-state index contributed by atoms with van der Waals surface area (Å²) < 4.78 is 14.7. The topological polar surface area (TPSA) is 41.2 Å². The second-order valence-electron chi connectivity index (χ2n) is 3.70. The van der Waals surface area contributed by atoms with Gasteiger partial charge in [-0.3, -0.25) is 0 Å². The predicted molar refractivity (Wildman–Crippen MR) is 59.1 cm³/mol. The van der Waals surface area contributed by atoms with Gasteiger partial charge in [-0.05, 0) is 18.2 Å². The largest absolute Gasteiger partial charge is 0.477 e. The molecule has 1 N–H and O–H groups in total. The van der Waals surface area contributed by atoms with Crippen molar-refractivity contribution in [3.63, 3.8) is 0 Å². The summed E-state index contributed by atoms with van der Waals surface area (Å²) in [5.74, 6) is -1.27. The minimum atomic E-state index is -0.974. The van der Waals surface area contributed by atoms with Crippen molar-refractivity contribution in [2.24, 2.45) is 0 Å². The van der Waals surface area contributed by atoms with Crippen LogP contribution in [-0.2, 0) is 6.54 Å². The molecule has 0 aliphatic heterocycles. The lowest BCUT2D eigenvalue weighted by Crippen LogP contribution is -2.34. The maximum Gasteiger partial charge on any atom is 0.341 e. The summed E-state index contributed by atoms with van der Waals surface area (Å²) in [6.45, 7) is 0.443. The van der Waals surface area contributed by atoms with Gasteiger partial charge >= 0.3 is 5.97 Å². The van der Waals surface area contributed by atoms with Crippen molar-refractivity contribution in [3.05, 3.63) is 65.7 Å². The Bertz CT molecular complexity index is 555. The molecule has 4 heteroatoms. The molecule has 0 spiro atoms. The molecule has 86 valence electrons. The molecular weight excluding hydrogens is 221 g/mol. The number of halogens is 1. The highest BCUT2D eigenvalue weighted by Crippen LogP contribution is 2.03. The molecule has 1 aromatic carbocycles. The van der Waals surface area contributed by atoms with Crippen molar-refractivity contribution >= 4 is 5.97 Å². The van der Waals surface area contributed by atoms with Crippen molar-refractivity contribution < 1.29 is 18.9 Å². The Labute approximate surface area is 97.8 Å². The van der Waals surface area contributed by atoms with Crippen LogP contribution in [0, 0.1) is 5.82 Å². The summed E-state index contributed by atoms with van der Waals surface area (Å²) in [5.41, 5.74) is 1.00. The maximum absolute atomic E-state index is 13.0. The van der Waals surface area contributed by atoms with E-state index in [4.69, 9.17) is 5.11 Å². The van der Waals surface area contributed by atoms with Crippen LogP contribution in [0.25, 0.3) is 0 Å². The normalized spacial score (nSPS) is 10.2. The van der Waals surface area contributed by atoms with E-state index in [1.165, 1.54) is 24.4 Å². The number of benzene rings is 1. The highest BCUT2D eigenvalue weighted by molar-refractivity contribution is 5.86. The zero-order valence-electron chi connectivity index (χ0n) is 9.01. The zero-order valence-corrected chi connectivity index (χ0v) is 9.01. The monoisotopic (exact) mass is 232 g/mol. The van der Waals surface area contributed by atoms with Gasteiger partial charge < -0.3 is 5.11 Å². The summed E-state index contributed by atoms with van der Waals surface area (Å²) in [6, 6.07) is 9.41. The van der Waals surface area contributed by atoms with E-state index in [9.17, 15) is 9.18 Å². The van der Waals surface area contributed by atoms with Gasteiger partial charge in [0.25, 0.3) is 0 Å². The van der Waals surface area contributed by atoms with E-state index in [2.05, 4.69) is 0 Å². The highest BCUT2D eigenvalue weighted by Gasteiger charge is 2.09. The number of carboxylic acid groups (broad SMARTS) is 1. The molecule has 0 radical (unpaired) electrons. The number of aromatic nitrogens is 1. The molecule has 0 bridgehead atoms. The third-order valence-corrected chi connectivity index (χ3v) is 2.36. The van der Waals surface area contributed by atoms with Gasteiger partial charge in [0.1, 0.15) is 11.4 Å². The summed E-state index contributed by atoms with van der Waals surface area (Å²) in [7, 11) is 0. The smallest absolute Gasteiger partial charge is 0.341 e. The van der Waals surface area contributed by atoms with Crippen molar-refractivity contribution in [2.45, 2.75) is 6.54 Å². The molecular formula is C13H11FNO2+. The van der Waals surface area contributed by atoms with E-state index in [1.807, 2.05) is 0 Å². The Balaban J connectivity index is 2.24. The second kappa shape index (κ2) is 4.74. The number of nitrogens with zero attached hydrogens (tertiary/aromatic N) is 1. The minimum Gasteiger partial charge on any atom is -0.477 e. The fraction of sp³-hybridized carbons (Fsp3) is 0.0769. The van der Waals surface area contributed by atoms with Crippen LogP contribution in [0.2, 0.25) is 0 Å². The molecule has 0 atom stereocenters. The van der Waals surface area contributed by atoms with Crippen LogP contribution >= 0.6 is 0 Å². The first-order valence-electron chi connectivity index (χ1n) is 5.12. The van der Waals surface area contributed by atoms with E-state index in [0.717, 1.165) is 5.56 Å². The van der Waals surface area contributed by atoms with Crippen molar-refractivity contribution in [3.8, 4) is 0 Å². The van der Waals surface area contributed by atoms with Gasteiger partial charge in [-0.2, -0.15) is 4.57 Å². The Kier molecular flexibility index (Phi) is 3.14. The van der Waals surface area contributed by atoms with Crippen molar-refractivity contribution in [1.29, 1.82) is 0 Å². The molecule has 0 amide bonds. The standard InChI is InChI=1S/C13H10FNO2/c14-12-5-1-3-10(7-12)8-15-6-2-4-11(9-15)13(16)17/h1-7,9H,8H2/p+1. The summed E-state index contributed by atoms with van der Waals surface area (Å²) in [5, 5.41) is 8.85. The molecule has 0 aliphatic rings. The Morgan fingerprint density at radius 3 is 2.82 bits per heavy atom. The van der Waals surface area contributed by atoms with Crippen LogP contribution < -0.4 is 4.57 Å². The quantitative estimate of drug-likeness (QED) is 0.820. The lowest BCUT2D eigenvalue weighted by Gasteiger charge is -1.99. The minimum absolute atomic E-state index is 0.212. The van der Waals surface area contributed by atoms with Gasteiger partial charge in [0.2, 0.25) is 0 Å². The molecule has 0 saturated carbocycles. The van der Waals surface area contributed by atoms with Crippen LogP contribution in [0.3, 0.4) is 0 Å². The number of rotatable bonds is 3. The molecule has 2 rings (SSSR count). The molecule has 2 aromatic rings. The number of hydrogen-bond acceptors (Lipinski definition) is 1. The Morgan fingerprint density at radius 2 is 2.12 bits per heavy atom. The lowest BCUT2D eigenvalue weighted by atomic mass is 10.2. The van der Waals surface area contributed by atoms with Gasteiger partial charge in [0, 0.05) is 11.6 Å². The van der Waals surface area contributed by atoms with Gasteiger partial charge in [-0.1, -0.05) is 12.1 Å². The molecule has 3 nitrogen and oxygen atoms in total. The lowest BCUT2D eigenvalue weighted by molar-refractivity contribution is -0.688. The maximum atomic E-state index is 13.0. The molecule has 1 aromatic heterocycles. The van der Waals surface area contributed by atoms with E-state index in [0.29, 0.717) is 6.54 Å². The van der Waals surface area contributed by atoms with Crippen LogP contribution in [0.1, 0.15) is 15.9 Å². The molecule has 17 heavy (non-hydrogen) atoms. The average molecular weight is 232 g/mol. The number of hydrogen-bond donors (Lipinski definition) is 1. The third kappa shape index (κ3) is 2.87. The highest BCUT2D eigenvalue weighted by atomic mass is 19.1. The molecule has 0 fully saturated rings. The molecule has 0 aliphatic carbocycles. The summed E-state index contributed by atoms with van der Waals surface area (Å²) in [6.07, 6.45) is 3.27. The van der Waals surface area contributed by atoms with E-state index < -0.39 is 5.97 Å². The van der Waals surface area contributed by atoms with Crippen LogP contribution in [0.15, 0.2) is 48.8 Å².